The van der Waals surface area contributed by atoms with E-state index in [0.29, 0.717) is 0 Å². The van der Waals surface area contributed by atoms with Crippen LogP contribution in [-0.2, 0) is 0 Å². The van der Waals surface area contributed by atoms with Gasteiger partial charge in [-0.2, -0.15) is 0 Å². The van der Waals surface area contributed by atoms with Gasteiger partial charge in [-0.05, 0) is 87.6 Å². The molecular weight excluding hydrogens is 631 g/mol. The summed E-state index contributed by atoms with van der Waals surface area (Å²) in [6, 6.07) is 64.5. The van der Waals surface area contributed by atoms with E-state index in [4.69, 9.17) is 0 Å². The van der Waals surface area contributed by atoms with Crippen LogP contribution in [0.2, 0.25) is 0 Å². The van der Waals surface area contributed by atoms with Gasteiger partial charge in [0.1, 0.15) is 0 Å². The minimum absolute atomic E-state index is 1.13. The smallest absolute Gasteiger partial charge is 0.0476 e. The minimum Gasteiger partial charge on any atom is -0.310 e. The third-order valence-electron chi connectivity index (χ3n) is 9.64. The topological polar surface area (TPSA) is 3.24 Å². The molecule has 2 heterocycles. The van der Waals surface area contributed by atoms with Crippen LogP contribution in [0.4, 0.5) is 17.1 Å². The second-order valence-corrected chi connectivity index (χ2v) is 14.7. The van der Waals surface area contributed by atoms with E-state index in [1.54, 1.807) is 0 Å². The monoisotopic (exact) mass is 659 g/mol. The van der Waals surface area contributed by atoms with E-state index in [2.05, 4.69) is 181 Å². The second kappa shape index (κ2) is 11.5. The number of fused-ring (bicyclic) bond motifs is 7. The lowest BCUT2D eigenvalue weighted by Gasteiger charge is -2.27. The van der Waals surface area contributed by atoms with Crippen LogP contribution < -0.4 is 4.90 Å². The summed E-state index contributed by atoms with van der Waals surface area (Å²) in [5, 5.41) is 7.79. The van der Waals surface area contributed by atoms with Gasteiger partial charge in [0.05, 0.1) is 0 Å². The van der Waals surface area contributed by atoms with Crippen molar-refractivity contribution in [2.24, 2.45) is 0 Å². The normalized spacial score (nSPS) is 11.7. The Labute approximate surface area is 292 Å². The Morgan fingerprint density at radius 2 is 0.816 bits per heavy atom. The molecule has 0 bridgehead atoms. The number of hydrogen-bond acceptors (Lipinski definition) is 3. The van der Waals surface area contributed by atoms with Crippen molar-refractivity contribution in [2.45, 2.75) is 0 Å². The summed E-state index contributed by atoms with van der Waals surface area (Å²) in [5.74, 6) is 0. The first-order valence-corrected chi connectivity index (χ1v) is 18.2. The first kappa shape index (κ1) is 28.3. The molecule has 0 radical (unpaired) electrons. The van der Waals surface area contributed by atoms with Gasteiger partial charge in [0.2, 0.25) is 0 Å². The van der Waals surface area contributed by atoms with Crippen LogP contribution in [-0.4, -0.2) is 0 Å². The molecule has 3 heteroatoms. The predicted molar refractivity (Wildman–Crippen MR) is 215 cm³/mol. The van der Waals surface area contributed by atoms with Crippen molar-refractivity contribution in [1.82, 2.24) is 0 Å². The van der Waals surface area contributed by atoms with Crippen molar-refractivity contribution in [1.29, 1.82) is 0 Å². The molecule has 230 valence electrons. The van der Waals surface area contributed by atoms with E-state index in [-0.39, 0.29) is 0 Å². The van der Waals surface area contributed by atoms with Crippen molar-refractivity contribution in [2.75, 3.05) is 4.90 Å². The molecular formula is C46H29NS2. The van der Waals surface area contributed by atoms with Crippen LogP contribution in [0.1, 0.15) is 0 Å². The Balaban J connectivity index is 1.15. The average molecular weight is 660 g/mol. The summed E-state index contributed by atoms with van der Waals surface area (Å²) in [6.45, 7) is 0. The van der Waals surface area contributed by atoms with Crippen molar-refractivity contribution < 1.29 is 0 Å². The summed E-state index contributed by atoms with van der Waals surface area (Å²) in [6.07, 6.45) is 0. The number of rotatable bonds is 5. The van der Waals surface area contributed by atoms with E-state index in [1.165, 1.54) is 73.4 Å². The summed E-state index contributed by atoms with van der Waals surface area (Å²) < 4.78 is 5.26. The molecule has 1 nitrogen and oxygen atoms in total. The molecule has 0 N–H and O–H groups in total. The number of thiophene rings is 2. The van der Waals surface area contributed by atoms with Crippen LogP contribution in [0, 0.1) is 0 Å². The van der Waals surface area contributed by atoms with Crippen molar-refractivity contribution in [3.63, 3.8) is 0 Å². The number of hydrogen-bond donors (Lipinski definition) is 0. The van der Waals surface area contributed by atoms with Gasteiger partial charge in [0, 0.05) is 57.4 Å². The van der Waals surface area contributed by atoms with Crippen LogP contribution in [0.15, 0.2) is 176 Å². The Morgan fingerprint density at radius 1 is 0.306 bits per heavy atom. The van der Waals surface area contributed by atoms with Gasteiger partial charge in [-0.1, -0.05) is 121 Å². The maximum absolute atomic E-state index is 2.42. The van der Waals surface area contributed by atoms with Gasteiger partial charge in [0.25, 0.3) is 0 Å². The number of nitrogens with zero attached hydrogens (tertiary/aromatic N) is 1. The SMILES string of the molecule is c1cc(-c2ccc3c(c2)sc2ccccc23)cc(N(c2cccc(-c3cccc4ccccc34)c2)c2ccc3c(c2)sc2ccccc23)c1. The molecule has 0 saturated carbocycles. The maximum atomic E-state index is 2.42. The summed E-state index contributed by atoms with van der Waals surface area (Å²) >= 11 is 3.73. The van der Waals surface area contributed by atoms with E-state index >= 15 is 0 Å². The Morgan fingerprint density at radius 3 is 1.57 bits per heavy atom. The fourth-order valence-corrected chi connectivity index (χ4v) is 9.61. The Hall–Kier alpha value is -5.74. The zero-order valence-electron chi connectivity index (χ0n) is 26.5. The highest BCUT2D eigenvalue weighted by Gasteiger charge is 2.17. The molecule has 0 aliphatic heterocycles. The lowest BCUT2D eigenvalue weighted by Crippen LogP contribution is -2.10. The standard InChI is InChI=1S/C46H29NS2/c1-2-16-37-30(10-1)11-9-19-38(37)33-13-8-15-35(27-33)47(36-23-25-42-40-18-4-6-21-44(40)49-46(42)29-36)34-14-7-12-31(26-34)32-22-24-41-39-17-3-5-20-43(39)48-45(41)28-32/h1-29H. The Kier molecular flexibility index (Phi) is 6.61. The molecule has 0 spiro atoms. The van der Waals surface area contributed by atoms with E-state index in [1.807, 2.05) is 22.7 Å². The molecule has 10 rings (SSSR count). The predicted octanol–water partition coefficient (Wildman–Crippen LogP) is 14.4. The summed E-state index contributed by atoms with van der Waals surface area (Å²) in [5.41, 5.74) is 8.28. The molecule has 49 heavy (non-hydrogen) atoms. The van der Waals surface area contributed by atoms with E-state index in [9.17, 15) is 0 Å². The van der Waals surface area contributed by atoms with Crippen LogP contribution in [0.25, 0.3) is 73.4 Å². The lowest BCUT2D eigenvalue weighted by atomic mass is 9.97. The zero-order valence-corrected chi connectivity index (χ0v) is 28.1. The van der Waals surface area contributed by atoms with E-state index < -0.39 is 0 Å². The van der Waals surface area contributed by atoms with Gasteiger partial charge >= 0.3 is 0 Å². The highest BCUT2D eigenvalue weighted by atomic mass is 32.1. The molecule has 0 aliphatic carbocycles. The maximum Gasteiger partial charge on any atom is 0.0476 e. The molecule has 10 aromatic rings. The first-order chi connectivity index (χ1) is 24.3. The molecule has 0 amide bonds. The quantitative estimate of drug-likeness (QED) is 0.178. The third-order valence-corrected chi connectivity index (χ3v) is 11.9. The molecule has 0 atom stereocenters. The fourth-order valence-electron chi connectivity index (χ4n) is 7.32. The molecule has 0 saturated heterocycles. The summed E-state index contributed by atoms with van der Waals surface area (Å²) in [7, 11) is 0. The molecule has 8 aromatic carbocycles. The zero-order chi connectivity index (χ0) is 32.3. The first-order valence-electron chi connectivity index (χ1n) is 16.6. The largest absolute Gasteiger partial charge is 0.310 e. The van der Waals surface area contributed by atoms with Crippen molar-refractivity contribution >= 4 is 90.9 Å². The van der Waals surface area contributed by atoms with Crippen molar-refractivity contribution in [3.05, 3.63) is 176 Å². The molecule has 0 fully saturated rings. The minimum atomic E-state index is 1.13. The average Bonchev–Trinajstić information content (AvgIpc) is 3.72. The van der Waals surface area contributed by atoms with Crippen LogP contribution in [0.3, 0.4) is 0 Å². The van der Waals surface area contributed by atoms with Crippen LogP contribution >= 0.6 is 22.7 Å². The number of benzene rings is 8. The lowest BCUT2D eigenvalue weighted by molar-refractivity contribution is 1.29. The molecule has 2 aromatic heterocycles. The van der Waals surface area contributed by atoms with Gasteiger partial charge in [-0.3, -0.25) is 0 Å². The van der Waals surface area contributed by atoms with Crippen molar-refractivity contribution in [3.8, 4) is 22.3 Å². The van der Waals surface area contributed by atoms with Gasteiger partial charge < -0.3 is 4.90 Å². The highest BCUT2D eigenvalue weighted by Crippen LogP contribution is 2.43. The number of anilines is 3. The fraction of sp³-hybridized carbons (Fsp3) is 0. The van der Waals surface area contributed by atoms with E-state index in [0.717, 1.165) is 17.1 Å². The van der Waals surface area contributed by atoms with Gasteiger partial charge in [-0.25, -0.2) is 0 Å². The summed E-state index contributed by atoms with van der Waals surface area (Å²) in [4.78, 5) is 2.42. The van der Waals surface area contributed by atoms with Crippen LogP contribution in [0.5, 0.6) is 0 Å². The highest BCUT2D eigenvalue weighted by molar-refractivity contribution is 7.26. The second-order valence-electron chi connectivity index (χ2n) is 12.6. The van der Waals surface area contributed by atoms with Gasteiger partial charge in [-0.15, -0.1) is 22.7 Å². The third kappa shape index (κ3) is 4.82. The Bertz CT molecular complexity index is 2850. The van der Waals surface area contributed by atoms with Gasteiger partial charge in [0.15, 0.2) is 0 Å². The molecule has 0 aliphatic rings. The molecule has 0 unspecified atom stereocenters.